The van der Waals surface area contributed by atoms with E-state index in [0.29, 0.717) is 0 Å². The van der Waals surface area contributed by atoms with Crippen LogP contribution in [0.25, 0.3) is 0 Å². The lowest BCUT2D eigenvalue weighted by molar-refractivity contribution is 0.266. The van der Waals surface area contributed by atoms with Crippen LogP contribution in [0, 0.1) is 6.92 Å². The van der Waals surface area contributed by atoms with Crippen LogP contribution >= 0.6 is 0 Å². The predicted octanol–water partition coefficient (Wildman–Crippen LogP) is 0.788. The molecule has 0 saturated carbocycles. The molecule has 1 unspecified atom stereocenters. The molecule has 1 atom stereocenters. The van der Waals surface area contributed by atoms with E-state index in [1.165, 1.54) is 0 Å². The van der Waals surface area contributed by atoms with Gasteiger partial charge in [-0.25, -0.2) is 9.97 Å². The average Bonchev–Trinajstić information content (AvgIpc) is 2.77. The monoisotopic (exact) mass is 222 g/mol. The number of hydrogen-bond acceptors (Lipinski definition) is 5. The number of rotatable bonds is 3. The molecule has 1 fully saturated rings. The van der Waals surface area contributed by atoms with Crippen molar-refractivity contribution in [2.75, 3.05) is 30.4 Å². The van der Waals surface area contributed by atoms with Crippen LogP contribution in [-0.4, -0.2) is 41.3 Å². The first-order chi connectivity index (χ1) is 7.77. The summed E-state index contributed by atoms with van der Waals surface area (Å²) < 4.78 is 0. The third-order valence-corrected chi connectivity index (χ3v) is 3.15. The highest BCUT2D eigenvalue weighted by molar-refractivity contribution is 5.58. The van der Waals surface area contributed by atoms with E-state index in [4.69, 9.17) is 0 Å². The van der Waals surface area contributed by atoms with Gasteiger partial charge in [-0.2, -0.15) is 0 Å². The molecule has 1 aromatic heterocycles. The van der Waals surface area contributed by atoms with E-state index in [0.717, 1.165) is 36.6 Å². The minimum Gasteiger partial charge on any atom is -0.394 e. The van der Waals surface area contributed by atoms with Gasteiger partial charge in [0.2, 0.25) is 0 Å². The topological polar surface area (TPSA) is 61.3 Å². The van der Waals surface area contributed by atoms with Crippen LogP contribution in [0.15, 0.2) is 6.33 Å². The van der Waals surface area contributed by atoms with Crippen molar-refractivity contribution in [1.29, 1.82) is 0 Å². The van der Waals surface area contributed by atoms with Crippen LogP contribution in [0.2, 0.25) is 0 Å². The largest absolute Gasteiger partial charge is 0.394 e. The number of hydrogen-bond donors (Lipinski definition) is 2. The summed E-state index contributed by atoms with van der Waals surface area (Å²) in [5.74, 6) is 1.80. The van der Waals surface area contributed by atoms with E-state index in [1.54, 1.807) is 6.33 Å². The Morgan fingerprint density at radius 1 is 1.56 bits per heavy atom. The Labute approximate surface area is 95.5 Å². The Morgan fingerprint density at radius 2 is 2.38 bits per heavy atom. The molecule has 0 bridgehead atoms. The predicted molar refractivity (Wildman–Crippen MR) is 63.8 cm³/mol. The summed E-state index contributed by atoms with van der Waals surface area (Å²) in [6, 6.07) is 0.207. The van der Waals surface area contributed by atoms with Crippen molar-refractivity contribution < 1.29 is 5.11 Å². The molecule has 0 amide bonds. The molecule has 0 aliphatic carbocycles. The first kappa shape index (κ1) is 11.1. The second kappa shape index (κ2) is 4.65. The maximum atomic E-state index is 9.31. The number of aliphatic hydroxyl groups is 1. The Balaban J connectivity index is 2.32. The van der Waals surface area contributed by atoms with Gasteiger partial charge in [0.25, 0.3) is 0 Å². The van der Waals surface area contributed by atoms with E-state index in [-0.39, 0.29) is 12.6 Å². The Morgan fingerprint density at radius 3 is 3.06 bits per heavy atom. The Kier molecular flexibility index (Phi) is 3.24. The third-order valence-electron chi connectivity index (χ3n) is 3.15. The highest BCUT2D eigenvalue weighted by atomic mass is 16.3. The molecular weight excluding hydrogens is 204 g/mol. The smallest absolute Gasteiger partial charge is 0.137 e. The summed E-state index contributed by atoms with van der Waals surface area (Å²) >= 11 is 0. The molecular formula is C11H18N4O. The summed E-state index contributed by atoms with van der Waals surface area (Å²) in [5, 5.41) is 12.4. The molecule has 2 N–H and O–H groups in total. The van der Waals surface area contributed by atoms with E-state index < -0.39 is 0 Å². The van der Waals surface area contributed by atoms with Gasteiger partial charge in [-0.15, -0.1) is 0 Å². The lowest BCUT2D eigenvalue weighted by Crippen LogP contribution is -2.33. The molecule has 1 aromatic rings. The first-order valence-electron chi connectivity index (χ1n) is 5.64. The van der Waals surface area contributed by atoms with Crippen molar-refractivity contribution in [2.24, 2.45) is 0 Å². The normalized spacial score (nSPS) is 20.2. The molecule has 88 valence electrons. The van der Waals surface area contributed by atoms with Gasteiger partial charge in [0.15, 0.2) is 0 Å². The number of aromatic nitrogens is 2. The van der Waals surface area contributed by atoms with Crippen molar-refractivity contribution in [3.05, 3.63) is 11.9 Å². The van der Waals surface area contributed by atoms with Gasteiger partial charge >= 0.3 is 0 Å². The summed E-state index contributed by atoms with van der Waals surface area (Å²) in [6.07, 6.45) is 3.72. The number of aliphatic hydroxyl groups excluding tert-OH is 1. The molecule has 0 radical (unpaired) electrons. The van der Waals surface area contributed by atoms with Crippen molar-refractivity contribution in [2.45, 2.75) is 25.8 Å². The second-order valence-corrected chi connectivity index (χ2v) is 4.09. The quantitative estimate of drug-likeness (QED) is 0.791. The third kappa shape index (κ3) is 1.82. The van der Waals surface area contributed by atoms with Crippen molar-refractivity contribution in [1.82, 2.24) is 9.97 Å². The summed E-state index contributed by atoms with van der Waals surface area (Å²) in [6.45, 7) is 3.17. The van der Waals surface area contributed by atoms with Crippen molar-refractivity contribution in [3.63, 3.8) is 0 Å². The van der Waals surface area contributed by atoms with Gasteiger partial charge < -0.3 is 15.3 Å². The molecule has 2 heterocycles. The van der Waals surface area contributed by atoms with E-state index in [2.05, 4.69) is 20.2 Å². The lowest BCUT2D eigenvalue weighted by atomic mass is 10.2. The van der Waals surface area contributed by atoms with Crippen molar-refractivity contribution >= 4 is 11.6 Å². The average molecular weight is 222 g/mol. The molecule has 1 aliphatic heterocycles. The summed E-state index contributed by atoms with van der Waals surface area (Å²) in [5.41, 5.74) is 1.05. The molecule has 0 spiro atoms. The minimum atomic E-state index is 0.193. The van der Waals surface area contributed by atoms with Crippen LogP contribution in [0.1, 0.15) is 18.4 Å². The summed E-state index contributed by atoms with van der Waals surface area (Å²) in [4.78, 5) is 10.7. The number of nitrogens with zero attached hydrogens (tertiary/aromatic N) is 3. The van der Waals surface area contributed by atoms with Crippen LogP contribution in [0.5, 0.6) is 0 Å². The maximum absolute atomic E-state index is 9.31. The zero-order valence-corrected chi connectivity index (χ0v) is 9.77. The van der Waals surface area contributed by atoms with E-state index in [1.807, 2.05) is 14.0 Å². The zero-order valence-electron chi connectivity index (χ0n) is 9.77. The van der Waals surface area contributed by atoms with Gasteiger partial charge in [0.05, 0.1) is 12.6 Å². The molecule has 1 aliphatic rings. The van der Waals surface area contributed by atoms with Crippen LogP contribution < -0.4 is 10.2 Å². The highest BCUT2D eigenvalue weighted by Crippen LogP contribution is 2.28. The Hall–Kier alpha value is -1.36. The van der Waals surface area contributed by atoms with Gasteiger partial charge in [-0.05, 0) is 19.8 Å². The van der Waals surface area contributed by atoms with Crippen LogP contribution in [0.3, 0.4) is 0 Å². The molecule has 5 heteroatoms. The zero-order chi connectivity index (χ0) is 11.5. The minimum absolute atomic E-state index is 0.193. The number of anilines is 2. The molecule has 5 nitrogen and oxygen atoms in total. The highest BCUT2D eigenvalue weighted by Gasteiger charge is 2.26. The Bertz CT molecular complexity index is 369. The van der Waals surface area contributed by atoms with Gasteiger partial charge in [-0.3, -0.25) is 0 Å². The summed E-state index contributed by atoms with van der Waals surface area (Å²) in [7, 11) is 1.85. The molecule has 0 aromatic carbocycles. The SMILES string of the molecule is CNc1ncnc(N2CCCC2CO)c1C. The number of nitrogens with one attached hydrogen (secondary N) is 1. The fraction of sp³-hybridized carbons (Fsp3) is 0.636. The first-order valence-corrected chi connectivity index (χ1v) is 5.64. The van der Waals surface area contributed by atoms with Crippen LogP contribution in [0.4, 0.5) is 11.6 Å². The van der Waals surface area contributed by atoms with Crippen molar-refractivity contribution in [3.8, 4) is 0 Å². The lowest BCUT2D eigenvalue weighted by Gasteiger charge is -2.26. The molecule has 2 rings (SSSR count). The molecule has 16 heavy (non-hydrogen) atoms. The maximum Gasteiger partial charge on any atom is 0.137 e. The van der Waals surface area contributed by atoms with E-state index >= 15 is 0 Å². The second-order valence-electron chi connectivity index (χ2n) is 4.09. The standard InChI is InChI=1S/C11H18N4O/c1-8-10(12-2)13-7-14-11(8)15-5-3-4-9(15)6-16/h7,9,16H,3-6H2,1-2H3,(H,12,13,14). The molecule has 1 saturated heterocycles. The fourth-order valence-electron chi connectivity index (χ4n) is 2.29. The fourth-order valence-corrected chi connectivity index (χ4v) is 2.29. The van der Waals surface area contributed by atoms with E-state index in [9.17, 15) is 5.11 Å². The van der Waals surface area contributed by atoms with Gasteiger partial charge in [0.1, 0.15) is 18.0 Å². The van der Waals surface area contributed by atoms with Gasteiger partial charge in [0, 0.05) is 19.2 Å². The van der Waals surface area contributed by atoms with Gasteiger partial charge in [-0.1, -0.05) is 0 Å². The van der Waals surface area contributed by atoms with Crippen LogP contribution in [-0.2, 0) is 0 Å².